The lowest BCUT2D eigenvalue weighted by molar-refractivity contribution is 0.242. The lowest BCUT2D eigenvalue weighted by Gasteiger charge is -2.26. The minimum Gasteiger partial charge on any atom is -0.490 e. The van der Waals surface area contributed by atoms with Crippen LogP contribution in [0.3, 0.4) is 0 Å². The van der Waals surface area contributed by atoms with Crippen LogP contribution in [0.2, 0.25) is 0 Å². The van der Waals surface area contributed by atoms with Crippen molar-refractivity contribution in [3.63, 3.8) is 0 Å². The highest BCUT2D eigenvalue weighted by molar-refractivity contribution is 7.06. The molecule has 2 aliphatic rings. The number of allylic oxidation sites excluding steroid dienone is 3. The van der Waals surface area contributed by atoms with Gasteiger partial charge in [0.05, 0.1) is 11.7 Å². The van der Waals surface area contributed by atoms with Gasteiger partial charge in [-0.25, -0.2) is 4.98 Å². The molecule has 2 N–H and O–H groups in total. The largest absolute Gasteiger partial charge is 0.490 e. The van der Waals surface area contributed by atoms with Crippen molar-refractivity contribution in [2.75, 3.05) is 0 Å². The van der Waals surface area contributed by atoms with Gasteiger partial charge >= 0.3 is 0 Å². The number of aromatic nitrogens is 2. The van der Waals surface area contributed by atoms with E-state index in [2.05, 4.69) is 29.5 Å². The molecule has 4 rings (SSSR count). The molecule has 6 heteroatoms. The van der Waals surface area contributed by atoms with Gasteiger partial charge < -0.3 is 10.5 Å². The van der Waals surface area contributed by atoms with Crippen LogP contribution in [0.1, 0.15) is 44.2 Å². The first-order chi connectivity index (χ1) is 13.5. The molecule has 28 heavy (non-hydrogen) atoms. The van der Waals surface area contributed by atoms with Crippen LogP contribution in [0.25, 0.3) is 17.0 Å². The predicted octanol–water partition coefficient (Wildman–Crippen LogP) is 4.56. The number of fused-ring (bicyclic) bond motifs is 1. The zero-order valence-corrected chi connectivity index (χ0v) is 17.2. The molecule has 0 bridgehead atoms. The summed E-state index contributed by atoms with van der Waals surface area (Å²) >= 11 is 1.41. The predicted molar refractivity (Wildman–Crippen MR) is 112 cm³/mol. The van der Waals surface area contributed by atoms with Crippen LogP contribution >= 0.6 is 11.5 Å². The van der Waals surface area contributed by atoms with Gasteiger partial charge in [-0.15, -0.1) is 0 Å². The van der Waals surface area contributed by atoms with E-state index in [1.165, 1.54) is 22.7 Å². The Labute approximate surface area is 169 Å². The Bertz CT molecular complexity index is 998. The minimum atomic E-state index is 0.0154. The van der Waals surface area contributed by atoms with Gasteiger partial charge in [0.2, 0.25) is 0 Å². The molecule has 1 heterocycles. The summed E-state index contributed by atoms with van der Waals surface area (Å²) in [6, 6.07) is 7.97. The molecule has 1 aromatic heterocycles. The third-order valence-electron chi connectivity index (χ3n) is 5.47. The van der Waals surface area contributed by atoms with Crippen molar-refractivity contribution in [2.24, 2.45) is 17.6 Å². The molecule has 3 atom stereocenters. The Morgan fingerprint density at radius 3 is 2.93 bits per heavy atom. The van der Waals surface area contributed by atoms with Crippen LogP contribution in [0.4, 0.5) is 0 Å². The topological polar surface area (TPSA) is 84.8 Å². The fourth-order valence-corrected chi connectivity index (χ4v) is 4.94. The summed E-state index contributed by atoms with van der Waals surface area (Å²) in [5, 5.41) is 10.4. The molecular weight excluding hydrogens is 368 g/mol. The van der Waals surface area contributed by atoms with E-state index in [9.17, 15) is 5.26 Å². The van der Waals surface area contributed by atoms with Crippen molar-refractivity contribution in [1.82, 2.24) is 9.36 Å². The Morgan fingerprint density at radius 1 is 1.36 bits per heavy atom. The first-order valence-electron chi connectivity index (χ1n) is 9.70. The van der Waals surface area contributed by atoms with E-state index < -0.39 is 0 Å². The van der Waals surface area contributed by atoms with E-state index in [-0.39, 0.29) is 12.1 Å². The first-order valence-corrected chi connectivity index (χ1v) is 10.5. The number of nitrogens with two attached hydrogens (primary N) is 1. The van der Waals surface area contributed by atoms with Gasteiger partial charge in [0, 0.05) is 23.1 Å². The van der Waals surface area contributed by atoms with Crippen LogP contribution in [0.5, 0.6) is 5.75 Å². The molecule has 144 valence electrons. The second kappa shape index (κ2) is 7.50. The van der Waals surface area contributed by atoms with E-state index in [0.717, 1.165) is 23.4 Å². The zero-order chi connectivity index (χ0) is 19.8. The Hall–Kier alpha value is -2.49. The van der Waals surface area contributed by atoms with E-state index in [1.807, 2.05) is 26.0 Å². The number of ether oxygens (including phenoxy) is 1. The molecule has 0 amide bonds. The molecule has 2 unspecified atom stereocenters. The highest BCUT2D eigenvalue weighted by Crippen LogP contribution is 2.44. The van der Waals surface area contributed by atoms with Crippen molar-refractivity contribution in [3.8, 4) is 23.2 Å². The fourth-order valence-electron chi connectivity index (χ4n) is 4.19. The molecule has 0 spiro atoms. The normalized spacial score (nSPS) is 23.8. The molecular formula is C22H24N4OS. The zero-order valence-electron chi connectivity index (χ0n) is 16.3. The molecule has 5 nitrogen and oxygen atoms in total. The van der Waals surface area contributed by atoms with E-state index in [0.29, 0.717) is 29.0 Å². The second-order valence-corrected chi connectivity index (χ2v) is 8.55. The van der Waals surface area contributed by atoms with Gasteiger partial charge in [-0.05, 0) is 62.3 Å². The van der Waals surface area contributed by atoms with Crippen molar-refractivity contribution in [3.05, 3.63) is 46.5 Å². The third-order valence-corrected chi connectivity index (χ3v) is 6.22. The van der Waals surface area contributed by atoms with Gasteiger partial charge in [0.25, 0.3) is 0 Å². The van der Waals surface area contributed by atoms with Gasteiger partial charge in [-0.3, -0.25) is 0 Å². The maximum atomic E-state index is 9.47. The van der Waals surface area contributed by atoms with Crippen molar-refractivity contribution in [1.29, 1.82) is 5.26 Å². The number of nitriles is 1. The summed E-state index contributed by atoms with van der Waals surface area (Å²) in [7, 11) is 0. The summed E-state index contributed by atoms with van der Waals surface area (Å²) < 4.78 is 10.3. The SMILES string of the molecule is CC(C)Oc1ccc(-c2nsc(C3=C4CC[C@H](N)C4C(C)C=C3)n2)cc1C#N. The average molecular weight is 393 g/mol. The molecule has 2 aliphatic carbocycles. The van der Waals surface area contributed by atoms with Gasteiger partial charge in [0.15, 0.2) is 5.82 Å². The van der Waals surface area contributed by atoms with Crippen LogP contribution < -0.4 is 10.5 Å². The smallest absolute Gasteiger partial charge is 0.173 e. The van der Waals surface area contributed by atoms with Gasteiger partial charge in [0.1, 0.15) is 16.8 Å². The lowest BCUT2D eigenvalue weighted by atomic mass is 9.80. The molecule has 1 saturated carbocycles. The van der Waals surface area contributed by atoms with E-state index in [1.54, 1.807) is 6.07 Å². The first kappa shape index (κ1) is 18.9. The third kappa shape index (κ3) is 3.36. The maximum absolute atomic E-state index is 9.47. The van der Waals surface area contributed by atoms with Crippen LogP contribution in [-0.2, 0) is 0 Å². The Balaban J connectivity index is 1.67. The molecule has 0 saturated heterocycles. The summed E-state index contributed by atoms with van der Waals surface area (Å²) in [5.74, 6) is 2.11. The molecule has 0 radical (unpaired) electrons. The van der Waals surface area contributed by atoms with Crippen molar-refractivity contribution in [2.45, 2.75) is 45.8 Å². The maximum Gasteiger partial charge on any atom is 0.173 e. The van der Waals surface area contributed by atoms with Crippen LogP contribution in [0.15, 0.2) is 35.9 Å². The number of hydrogen-bond donors (Lipinski definition) is 1. The van der Waals surface area contributed by atoms with E-state index >= 15 is 0 Å². The highest BCUT2D eigenvalue weighted by atomic mass is 32.1. The minimum absolute atomic E-state index is 0.0154. The number of rotatable bonds is 4. The number of nitrogens with zero attached hydrogens (tertiary/aromatic N) is 3. The van der Waals surface area contributed by atoms with Crippen LogP contribution in [-0.4, -0.2) is 21.5 Å². The van der Waals surface area contributed by atoms with Crippen molar-refractivity contribution < 1.29 is 4.74 Å². The second-order valence-electron chi connectivity index (χ2n) is 7.80. The quantitative estimate of drug-likeness (QED) is 0.824. The summed E-state index contributed by atoms with van der Waals surface area (Å²) in [6.07, 6.45) is 6.50. The lowest BCUT2D eigenvalue weighted by Crippen LogP contribution is -2.30. The standard InChI is InChI=1S/C22H24N4OS/c1-12(2)27-19-9-5-14(10-15(19)11-23)21-25-22(28-26-21)17-6-4-13(3)20-16(17)7-8-18(20)24/h4-6,9-10,12-13,18,20H,7-8,24H2,1-3H3/t13?,18-,20?/m0/s1. The van der Waals surface area contributed by atoms with Gasteiger partial charge in [-0.1, -0.05) is 24.6 Å². The summed E-state index contributed by atoms with van der Waals surface area (Å²) in [4.78, 5) is 4.79. The van der Waals surface area contributed by atoms with Crippen molar-refractivity contribution >= 4 is 17.1 Å². The summed E-state index contributed by atoms with van der Waals surface area (Å²) in [5.41, 5.74) is 10.3. The Kier molecular flexibility index (Phi) is 5.05. The Morgan fingerprint density at radius 2 is 2.18 bits per heavy atom. The monoisotopic (exact) mass is 392 g/mol. The molecule has 2 aromatic rings. The van der Waals surface area contributed by atoms with Crippen LogP contribution in [0, 0.1) is 23.2 Å². The number of benzene rings is 1. The molecule has 0 aliphatic heterocycles. The molecule has 1 fully saturated rings. The van der Waals surface area contributed by atoms with E-state index in [4.69, 9.17) is 15.5 Å². The summed E-state index contributed by atoms with van der Waals surface area (Å²) in [6.45, 7) is 6.12. The fraction of sp³-hybridized carbons (Fsp3) is 0.409. The molecule has 1 aromatic carbocycles. The average Bonchev–Trinajstić information content (AvgIpc) is 3.30. The highest BCUT2D eigenvalue weighted by Gasteiger charge is 2.36. The van der Waals surface area contributed by atoms with Gasteiger partial charge in [-0.2, -0.15) is 9.64 Å². The number of hydrogen-bond acceptors (Lipinski definition) is 6.